The molecule has 2 aromatic rings. The Morgan fingerprint density at radius 2 is 1.87 bits per heavy atom. The molecular weight excluding hydrogens is 410 g/mol. The summed E-state index contributed by atoms with van der Waals surface area (Å²) in [5.41, 5.74) is 0.556. The molecule has 1 atom stereocenters. The number of carbonyl (C=O) groups excluding carboxylic acids is 2. The second-order valence-corrected chi connectivity index (χ2v) is 9.98. The molecule has 162 valence electrons. The predicted octanol–water partition coefficient (Wildman–Crippen LogP) is 1.44. The van der Waals surface area contributed by atoms with Crippen molar-refractivity contribution < 1.29 is 22.4 Å². The van der Waals surface area contributed by atoms with Gasteiger partial charge in [-0.1, -0.05) is 0 Å². The van der Waals surface area contributed by atoms with E-state index in [1.54, 1.807) is 46.7 Å². The highest BCUT2D eigenvalue weighted by molar-refractivity contribution is 7.91. The number of carbonyl (C=O) groups is 2. The van der Waals surface area contributed by atoms with Crippen molar-refractivity contribution >= 4 is 27.6 Å². The minimum Gasteiger partial charge on any atom is -0.466 e. The van der Waals surface area contributed by atoms with E-state index in [4.69, 9.17) is 4.42 Å². The standard InChI is InChI=1S/C19H25N5O5S/c1-13-11-16(14(2)29-13)18(25)22-6-8-23(9-7-22)19(26)21-17-3-5-20-24(17)15-4-10-30(27,28)12-15/h3,5,11,15H,4,6-10,12H2,1-2H3,(H,21,26). The summed E-state index contributed by atoms with van der Waals surface area (Å²) in [7, 11) is -3.05. The van der Waals surface area contributed by atoms with Gasteiger partial charge in [-0.05, 0) is 26.3 Å². The number of piperazine rings is 1. The summed E-state index contributed by atoms with van der Waals surface area (Å²) in [5, 5.41) is 7.03. The summed E-state index contributed by atoms with van der Waals surface area (Å²) in [6.45, 7) is 5.23. The summed E-state index contributed by atoms with van der Waals surface area (Å²) < 4.78 is 30.5. The van der Waals surface area contributed by atoms with Gasteiger partial charge in [0.1, 0.15) is 17.3 Å². The predicted molar refractivity (Wildman–Crippen MR) is 109 cm³/mol. The molecule has 0 aromatic carbocycles. The Balaban J connectivity index is 1.35. The fourth-order valence-electron chi connectivity index (χ4n) is 3.99. The molecule has 2 aliphatic heterocycles. The van der Waals surface area contributed by atoms with Crippen LogP contribution in [0.4, 0.5) is 10.6 Å². The molecule has 4 heterocycles. The fraction of sp³-hybridized carbons (Fsp3) is 0.526. The molecule has 1 N–H and O–H groups in total. The van der Waals surface area contributed by atoms with E-state index in [1.165, 1.54) is 0 Å². The number of nitrogens with zero attached hydrogens (tertiary/aromatic N) is 4. The molecule has 30 heavy (non-hydrogen) atoms. The van der Waals surface area contributed by atoms with Crippen LogP contribution in [-0.2, 0) is 9.84 Å². The summed E-state index contributed by atoms with van der Waals surface area (Å²) in [6, 6.07) is 2.84. The Labute approximate surface area is 174 Å². The highest BCUT2D eigenvalue weighted by Crippen LogP contribution is 2.26. The van der Waals surface area contributed by atoms with Crippen LogP contribution in [0.1, 0.15) is 34.3 Å². The van der Waals surface area contributed by atoms with Crippen molar-refractivity contribution in [2.24, 2.45) is 0 Å². The lowest BCUT2D eigenvalue weighted by atomic mass is 10.2. The number of amides is 3. The molecule has 2 aliphatic rings. The second-order valence-electron chi connectivity index (χ2n) is 7.75. The average Bonchev–Trinajstić information content (AvgIpc) is 3.39. The van der Waals surface area contributed by atoms with Gasteiger partial charge in [0, 0.05) is 32.2 Å². The summed E-state index contributed by atoms with van der Waals surface area (Å²) in [6.07, 6.45) is 2.03. The van der Waals surface area contributed by atoms with Crippen LogP contribution >= 0.6 is 0 Å². The van der Waals surface area contributed by atoms with Gasteiger partial charge in [-0.2, -0.15) is 5.10 Å². The van der Waals surface area contributed by atoms with Crippen molar-refractivity contribution in [2.45, 2.75) is 26.3 Å². The van der Waals surface area contributed by atoms with E-state index in [-0.39, 0.29) is 29.5 Å². The SMILES string of the molecule is Cc1cc(C(=O)N2CCN(C(=O)Nc3ccnn3C3CCS(=O)(=O)C3)CC2)c(C)o1. The molecule has 11 heteroatoms. The molecule has 1 unspecified atom stereocenters. The Bertz CT molecular complexity index is 1070. The molecule has 0 saturated carbocycles. The smallest absolute Gasteiger partial charge is 0.323 e. The first-order chi connectivity index (χ1) is 14.2. The molecule has 0 spiro atoms. The second kappa shape index (κ2) is 7.78. The number of urea groups is 1. The maximum absolute atomic E-state index is 12.7. The van der Waals surface area contributed by atoms with Crippen molar-refractivity contribution in [1.82, 2.24) is 19.6 Å². The van der Waals surface area contributed by atoms with Crippen molar-refractivity contribution in [3.05, 3.63) is 35.4 Å². The Kier molecular flexibility index (Phi) is 5.31. The zero-order chi connectivity index (χ0) is 21.5. The quantitative estimate of drug-likeness (QED) is 0.780. The van der Waals surface area contributed by atoms with E-state index in [9.17, 15) is 18.0 Å². The van der Waals surface area contributed by atoms with Crippen LogP contribution in [0, 0.1) is 13.8 Å². The van der Waals surface area contributed by atoms with Crippen molar-refractivity contribution in [1.29, 1.82) is 0 Å². The van der Waals surface area contributed by atoms with Gasteiger partial charge in [0.25, 0.3) is 5.91 Å². The summed E-state index contributed by atoms with van der Waals surface area (Å²) in [4.78, 5) is 28.8. The number of hydrogen-bond donors (Lipinski definition) is 1. The van der Waals surface area contributed by atoms with Crippen LogP contribution in [-0.4, -0.2) is 77.6 Å². The molecule has 2 aromatic heterocycles. The average molecular weight is 436 g/mol. The minimum atomic E-state index is -3.05. The molecule has 2 saturated heterocycles. The van der Waals surface area contributed by atoms with Gasteiger partial charge in [0.2, 0.25) is 0 Å². The zero-order valence-corrected chi connectivity index (χ0v) is 17.8. The Hall–Kier alpha value is -2.82. The summed E-state index contributed by atoms with van der Waals surface area (Å²) in [5.74, 6) is 1.84. The first-order valence-electron chi connectivity index (χ1n) is 9.90. The lowest BCUT2D eigenvalue weighted by Crippen LogP contribution is -2.51. The first-order valence-corrected chi connectivity index (χ1v) is 11.7. The maximum Gasteiger partial charge on any atom is 0.323 e. The molecule has 0 aliphatic carbocycles. The lowest BCUT2D eigenvalue weighted by molar-refractivity contribution is 0.0670. The topological polar surface area (TPSA) is 118 Å². The van der Waals surface area contributed by atoms with E-state index >= 15 is 0 Å². The van der Waals surface area contributed by atoms with Gasteiger partial charge in [-0.15, -0.1) is 0 Å². The van der Waals surface area contributed by atoms with E-state index < -0.39 is 9.84 Å². The van der Waals surface area contributed by atoms with E-state index in [2.05, 4.69) is 10.4 Å². The van der Waals surface area contributed by atoms with Crippen LogP contribution < -0.4 is 5.32 Å². The third kappa shape index (κ3) is 4.07. The number of hydrogen-bond acceptors (Lipinski definition) is 6. The third-order valence-corrected chi connectivity index (χ3v) is 7.34. The van der Waals surface area contributed by atoms with Gasteiger partial charge >= 0.3 is 6.03 Å². The first kappa shape index (κ1) is 20.5. The van der Waals surface area contributed by atoms with E-state index in [0.717, 1.165) is 0 Å². The molecule has 10 nitrogen and oxygen atoms in total. The number of furan rings is 1. The lowest BCUT2D eigenvalue weighted by Gasteiger charge is -2.34. The number of anilines is 1. The van der Waals surface area contributed by atoms with Crippen LogP contribution in [0.15, 0.2) is 22.7 Å². The Morgan fingerprint density at radius 1 is 1.17 bits per heavy atom. The number of nitrogens with one attached hydrogen (secondary N) is 1. The van der Waals surface area contributed by atoms with E-state index in [0.29, 0.717) is 55.5 Å². The highest BCUT2D eigenvalue weighted by Gasteiger charge is 2.32. The number of sulfone groups is 1. The van der Waals surface area contributed by atoms with Crippen LogP contribution in [0.2, 0.25) is 0 Å². The summed E-state index contributed by atoms with van der Waals surface area (Å²) >= 11 is 0. The molecular formula is C19H25N5O5S. The molecule has 2 fully saturated rings. The molecule has 0 bridgehead atoms. The van der Waals surface area contributed by atoms with Crippen LogP contribution in [0.25, 0.3) is 0 Å². The van der Waals surface area contributed by atoms with E-state index in [1.807, 2.05) is 0 Å². The van der Waals surface area contributed by atoms with Crippen molar-refractivity contribution in [3.8, 4) is 0 Å². The third-order valence-electron chi connectivity index (χ3n) is 5.59. The normalized spacial score (nSPS) is 21.1. The monoisotopic (exact) mass is 435 g/mol. The van der Waals surface area contributed by atoms with Crippen LogP contribution in [0.3, 0.4) is 0 Å². The number of rotatable bonds is 3. The molecule has 3 amide bonds. The molecule has 0 radical (unpaired) electrons. The van der Waals surface area contributed by atoms with Crippen LogP contribution in [0.5, 0.6) is 0 Å². The highest BCUT2D eigenvalue weighted by atomic mass is 32.2. The van der Waals surface area contributed by atoms with Gasteiger partial charge in [0.15, 0.2) is 9.84 Å². The van der Waals surface area contributed by atoms with Crippen molar-refractivity contribution in [3.63, 3.8) is 0 Å². The molecule has 4 rings (SSSR count). The van der Waals surface area contributed by atoms with Gasteiger partial charge in [-0.3, -0.25) is 10.1 Å². The van der Waals surface area contributed by atoms with Gasteiger partial charge in [0.05, 0.1) is 29.3 Å². The maximum atomic E-state index is 12.7. The Morgan fingerprint density at radius 3 is 2.47 bits per heavy atom. The minimum absolute atomic E-state index is 0.0330. The number of aryl methyl sites for hydroxylation is 2. The largest absolute Gasteiger partial charge is 0.466 e. The van der Waals surface area contributed by atoms with Gasteiger partial charge < -0.3 is 14.2 Å². The zero-order valence-electron chi connectivity index (χ0n) is 17.0. The van der Waals surface area contributed by atoms with Gasteiger partial charge in [-0.25, -0.2) is 17.9 Å². The number of aromatic nitrogens is 2. The fourth-order valence-corrected chi connectivity index (χ4v) is 5.68. The van der Waals surface area contributed by atoms with Crippen molar-refractivity contribution in [2.75, 3.05) is 43.0 Å².